The highest BCUT2D eigenvalue weighted by atomic mass is 19.4. The summed E-state index contributed by atoms with van der Waals surface area (Å²) in [7, 11) is 0. The molecule has 32 heavy (non-hydrogen) atoms. The molecule has 7 nitrogen and oxygen atoms in total. The Labute approximate surface area is 179 Å². The minimum absolute atomic E-state index is 0.0649. The number of carbonyl (C=O) groups is 1. The molecule has 1 amide bonds. The van der Waals surface area contributed by atoms with Gasteiger partial charge in [0, 0.05) is 18.8 Å². The van der Waals surface area contributed by atoms with Gasteiger partial charge in [-0.15, -0.1) is 0 Å². The summed E-state index contributed by atoms with van der Waals surface area (Å²) in [4.78, 5) is 20.0. The average Bonchev–Trinajstić information content (AvgIpc) is 3.50. The van der Waals surface area contributed by atoms with Crippen LogP contribution in [-0.4, -0.2) is 49.5 Å². The first-order valence-corrected chi connectivity index (χ1v) is 9.97. The topological polar surface area (TPSA) is 73.1 Å². The lowest BCUT2D eigenvalue weighted by Gasteiger charge is -2.33. The van der Waals surface area contributed by atoms with Crippen LogP contribution in [0, 0.1) is 11.7 Å². The van der Waals surface area contributed by atoms with E-state index in [0.717, 1.165) is 18.3 Å². The van der Waals surface area contributed by atoms with Gasteiger partial charge in [-0.2, -0.15) is 28.2 Å². The number of piperidine rings is 1. The van der Waals surface area contributed by atoms with Crippen molar-refractivity contribution < 1.29 is 27.1 Å². The third-order valence-corrected chi connectivity index (χ3v) is 5.84. The van der Waals surface area contributed by atoms with Crippen LogP contribution < -0.4 is 4.74 Å². The van der Waals surface area contributed by atoms with Gasteiger partial charge >= 0.3 is 6.18 Å². The van der Waals surface area contributed by atoms with Crippen LogP contribution in [0.15, 0.2) is 48.9 Å². The van der Waals surface area contributed by atoms with Crippen molar-refractivity contribution in [2.24, 2.45) is 5.92 Å². The lowest BCUT2D eigenvalue weighted by atomic mass is 10.1. The third kappa shape index (κ3) is 3.67. The van der Waals surface area contributed by atoms with Gasteiger partial charge in [0.2, 0.25) is 5.88 Å². The molecule has 0 N–H and O–H groups in total. The van der Waals surface area contributed by atoms with E-state index in [0.29, 0.717) is 25.1 Å². The number of benzene rings is 1. The molecule has 2 fully saturated rings. The maximum absolute atomic E-state index is 14.0. The second-order valence-electron chi connectivity index (χ2n) is 7.88. The van der Waals surface area contributed by atoms with E-state index in [2.05, 4.69) is 15.2 Å². The molecule has 1 aromatic carbocycles. The second kappa shape index (κ2) is 7.57. The molecule has 0 radical (unpaired) electrons. The second-order valence-corrected chi connectivity index (χ2v) is 7.88. The Balaban J connectivity index is 1.37. The summed E-state index contributed by atoms with van der Waals surface area (Å²) in [6.45, 7) is 0.492. The van der Waals surface area contributed by atoms with Crippen LogP contribution in [-0.2, 0) is 6.18 Å². The van der Waals surface area contributed by atoms with Gasteiger partial charge in [-0.05, 0) is 43.0 Å². The molecule has 5 rings (SSSR count). The van der Waals surface area contributed by atoms with Gasteiger partial charge in [0.25, 0.3) is 5.91 Å². The van der Waals surface area contributed by atoms with E-state index >= 15 is 0 Å². The number of fused-ring (bicyclic) bond motifs is 2. The average molecular weight is 447 g/mol. The Morgan fingerprint density at radius 3 is 2.53 bits per heavy atom. The molecule has 0 spiro atoms. The summed E-state index contributed by atoms with van der Waals surface area (Å²) in [6, 6.07) is 5.62. The van der Waals surface area contributed by atoms with Gasteiger partial charge < -0.3 is 9.64 Å². The number of carbonyl (C=O) groups excluding carboxylic acids is 1. The zero-order chi connectivity index (χ0) is 22.5. The van der Waals surface area contributed by atoms with Crippen molar-refractivity contribution in [3.8, 4) is 11.6 Å². The largest absolute Gasteiger partial charge is 0.472 e. The predicted molar refractivity (Wildman–Crippen MR) is 103 cm³/mol. The van der Waals surface area contributed by atoms with Gasteiger partial charge in [0.05, 0.1) is 35.2 Å². The van der Waals surface area contributed by atoms with Crippen molar-refractivity contribution >= 4 is 5.91 Å². The summed E-state index contributed by atoms with van der Waals surface area (Å²) in [5, 5.41) is 8.06. The molecule has 1 unspecified atom stereocenters. The number of nitrogens with zero attached hydrogens (tertiary/aromatic N) is 5. The quantitative estimate of drug-likeness (QED) is 0.573. The van der Waals surface area contributed by atoms with E-state index in [-0.39, 0.29) is 29.3 Å². The first-order chi connectivity index (χ1) is 15.3. The lowest BCUT2D eigenvalue weighted by molar-refractivity contribution is -0.137. The van der Waals surface area contributed by atoms with Crippen molar-refractivity contribution in [3.63, 3.8) is 0 Å². The molecule has 166 valence electrons. The molecule has 3 heterocycles. The number of ether oxygens (including phenoxy) is 1. The van der Waals surface area contributed by atoms with Gasteiger partial charge in [0.1, 0.15) is 11.9 Å². The molecule has 2 bridgehead atoms. The van der Waals surface area contributed by atoms with Crippen LogP contribution in [0.1, 0.15) is 28.8 Å². The molecule has 3 aromatic rings. The fourth-order valence-corrected chi connectivity index (χ4v) is 4.45. The van der Waals surface area contributed by atoms with Crippen LogP contribution in [0.5, 0.6) is 5.88 Å². The molecule has 1 saturated heterocycles. The maximum atomic E-state index is 14.0. The van der Waals surface area contributed by atoms with Gasteiger partial charge in [-0.1, -0.05) is 0 Å². The Hall–Kier alpha value is -3.50. The van der Waals surface area contributed by atoms with E-state index in [1.165, 1.54) is 35.4 Å². The van der Waals surface area contributed by atoms with Crippen molar-refractivity contribution in [1.82, 2.24) is 24.9 Å². The van der Waals surface area contributed by atoms with Crippen molar-refractivity contribution in [2.45, 2.75) is 31.2 Å². The summed E-state index contributed by atoms with van der Waals surface area (Å²) < 4.78 is 58.1. The number of amides is 1. The number of aromatic nitrogens is 4. The van der Waals surface area contributed by atoms with E-state index in [1.807, 2.05) is 0 Å². The fourth-order valence-electron chi connectivity index (χ4n) is 4.45. The van der Waals surface area contributed by atoms with E-state index in [4.69, 9.17) is 4.74 Å². The van der Waals surface area contributed by atoms with Crippen molar-refractivity contribution in [2.75, 3.05) is 6.54 Å². The minimum Gasteiger partial charge on any atom is -0.472 e. The first kappa shape index (κ1) is 20.4. The summed E-state index contributed by atoms with van der Waals surface area (Å²) in [5.41, 5.74) is -0.383. The van der Waals surface area contributed by atoms with Crippen LogP contribution in [0.2, 0.25) is 0 Å². The van der Waals surface area contributed by atoms with Crippen LogP contribution in [0.4, 0.5) is 17.6 Å². The molecule has 2 aliphatic rings. The molecule has 1 saturated carbocycles. The van der Waals surface area contributed by atoms with Gasteiger partial charge in [0.15, 0.2) is 0 Å². The highest BCUT2D eigenvalue weighted by Gasteiger charge is 2.49. The normalized spacial score (nSPS) is 22.4. The molecule has 11 heteroatoms. The first-order valence-electron chi connectivity index (χ1n) is 9.97. The molecular weight excluding hydrogens is 430 g/mol. The molecule has 3 atom stereocenters. The molecule has 2 aromatic heterocycles. The van der Waals surface area contributed by atoms with E-state index in [9.17, 15) is 22.4 Å². The standard InChI is InChI=1S/C21H17F4N5O2/c22-14-2-3-16(30-27-5-6-28-30)15(9-14)20(31)29-11-12-7-17(29)18(8-12)32-19-4-1-13(10-26-19)21(23,24)25/h1-6,9-10,12,17-18H,7-8,11H2/t12?,17-,18+/m0/s1. The van der Waals surface area contributed by atoms with E-state index in [1.54, 1.807) is 4.90 Å². The lowest BCUT2D eigenvalue weighted by Crippen LogP contribution is -2.47. The number of hydrogen-bond acceptors (Lipinski definition) is 5. The number of likely N-dealkylation sites (tertiary alicyclic amines) is 1. The smallest absolute Gasteiger partial charge is 0.417 e. The number of alkyl halides is 3. The summed E-state index contributed by atoms with van der Waals surface area (Å²) >= 11 is 0. The zero-order valence-electron chi connectivity index (χ0n) is 16.5. The summed E-state index contributed by atoms with van der Waals surface area (Å²) in [6.07, 6.45) is 0.0960. The predicted octanol–water partition coefficient (Wildman–Crippen LogP) is 3.50. The Bertz CT molecular complexity index is 1130. The fraction of sp³-hybridized carbons (Fsp3) is 0.333. The van der Waals surface area contributed by atoms with Crippen molar-refractivity contribution in [1.29, 1.82) is 0 Å². The number of halogens is 4. The van der Waals surface area contributed by atoms with Gasteiger partial charge in [-0.3, -0.25) is 4.79 Å². The highest BCUT2D eigenvalue weighted by molar-refractivity contribution is 5.98. The molecule has 1 aliphatic carbocycles. The Morgan fingerprint density at radius 2 is 1.88 bits per heavy atom. The van der Waals surface area contributed by atoms with Crippen molar-refractivity contribution in [3.05, 3.63) is 65.9 Å². The monoisotopic (exact) mass is 447 g/mol. The maximum Gasteiger partial charge on any atom is 0.417 e. The van der Waals surface area contributed by atoms with Crippen LogP contribution in [0.25, 0.3) is 5.69 Å². The molecule has 1 aliphatic heterocycles. The van der Waals surface area contributed by atoms with Crippen LogP contribution in [0.3, 0.4) is 0 Å². The minimum atomic E-state index is -4.48. The van der Waals surface area contributed by atoms with Gasteiger partial charge in [-0.25, -0.2) is 9.37 Å². The SMILES string of the molecule is O=C(c1cc(F)ccc1-n1nccn1)N1CC2C[C@@H](Oc3ccc(C(F)(F)F)cn3)[C@@H]1C2. The summed E-state index contributed by atoms with van der Waals surface area (Å²) in [5.74, 6) is -0.688. The van der Waals surface area contributed by atoms with E-state index < -0.39 is 23.7 Å². The number of rotatable bonds is 4. The number of hydrogen-bond donors (Lipinski definition) is 0. The number of pyridine rings is 1. The van der Waals surface area contributed by atoms with Crippen LogP contribution >= 0.6 is 0 Å². The molecular formula is C21H17F4N5O2. The zero-order valence-corrected chi connectivity index (χ0v) is 16.5. The highest BCUT2D eigenvalue weighted by Crippen LogP contribution is 2.41. The third-order valence-electron chi connectivity index (χ3n) is 5.84. The Kier molecular flexibility index (Phi) is 4.83. The Morgan fingerprint density at radius 1 is 1.09 bits per heavy atom.